The normalized spacial score (nSPS) is 16.3. The van der Waals surface area contributed by atoms with E-state index in [4.69, 9.17) is 4.74 Å². The van der Waals surface area contributed by atoms with E-state index >= 15 is 0 Å². The van der Waals surface area contributed by atoms with Crippen molar-refractivity contribution in [1.82, 2.24) is 8.87 Å². The van der Waals surface area contributed by atoms with Gasteiger partial charge in [0.15, 0.2) is 0 Å². The third kappa shape index (κ3) is 4.68. The van der Waals surface area contributed by atoms with Gasteiger partial charge in [-0.2, -0.15) is 4.31 Å². The standard InChI is InChI=1S/C28H38N2O3S/c1-27(2,3)22-9-8-10-24-26(22)21(19-29(24)7)17-20-11-12-25(23(18-20)28(4,5)6)34(31,32)30-13-15-33-16-14-30/h8-12,18-19H,13-17H2,1-7H3. The molecule has 6 heteroatoms. The number of aromatic nitrogens is 1. The number of nitrogens with zero attached hydrogens (tertiary/aromatic N) is 2. The highest BCUT2D eigenvalue weighted by molar-refractivity contribution is 7.89. The number of fused-ring (bicyclic) bond motifs is 1. The quantitative estimate of drug-likeness (QED) is 0.501. The zero-order valence-corrected chi connectivity index (χ0v) is 22.4. The molecule has 184 valence electrons. The van der Waals surface area contributed by atoms with Crippen LogP contribution in [0.15, 0.2) is 47.5 Å². The molecular formula is C28H38N2O3S. The maximum absolute atomic E-state index is 13.5. The molecule has 1 aromatic heterocycles. The molecule has 5 nitrogen and oxygen atoms in total. The summed E-state index contributed by atoms with van der Waals surface area (Å²) in [6.45, 7) is 14.7. The molecular weight excluding hydrogens is 444 g/mol. The average molecular weight is 483 g/mol. The smallest absolute Gasteiger partial charge is 0.243 e. The minimum absolute atomic E-state index is 0.0300. The Bertz CT molecular complexity index is 1300. The van der Waals surface area contributed by atoms with Crippen LogP contribution in [-0.4, -0.2) is 43.6 Å². The maximum atomic E-state index is 13.5. The highest BCUT2D eigenvalue weighted by Gasteiger charge is 2.32. The fourth-order valence-electron chi connectivity index (χ4n) is 4.94. The molecule has 2 heterocycles. The third-order valence-electron chi connectivity index (χ3n) is 6.74. The Balaban J connectivity index is 1.80. The fraction of sp³-hybridized carbons (Fsp3) is 0.500. The van der Waals surface area contributed by atoms with Crippen LogP contribution < -0.4 is 0 Å². The number of aryl methyl sites for hydroxylation is 1. The predicted molar refractivity (Wildman–Crippen MR) is 139 cm³/mol. The molecule has 0 atom stereocenters. The Morgan fingerprint density at radius 2 is 1.56 bits per heavy atom. The second-order valence-corrected chi connectivity index (χ2v) is 13.4. The van der Waals surface area contributed by atoms with E-state index in [0.717, 1.165) is 17.5 Å². The number of morpholine rings is 1. The summed E-state index contributed by atoms with van der Waals surface area (Å²) >= 11 is 0. The van der Waals surface area contributed by atoms with Crippen molar-refractivity contribution in [3.05, 3.63) is 64.8 Å². The molecule has 0 saturated carbocycles. The molecule has 0 spiro atoms. The summed E-state index contributed by atoms with van der Waals surface area (Å²) in [5.41, 5.74) is 5.55. The molecule has 1 saturated heterocycles. The van der Waals surface area contributed by atoms with Crippen LogP contribution in [0.5, 0.6) is 0 Å². The van der Waals surface area contributed by atoms with Crippen LogP contribution in [0.4, 0.5) is 0 Å². The Labute approximate surface area is 204 Å². The molecule has 0 amide bonds. The van der Waals surface area contributed by atoms with Crippen LogP contribution in [0, 0.1) is 0 Å². The van der Waals surface area contributed by atoms with E-state index in [9.17, 15) is 8.42 Å². The van der Waals surface area contributed by atoms with Gasteiger partial charge >= 0.3 is 0 Å². The molecule has 0 bridgehead atoms. The van der Waals surface area contributed by atoms with Gasteiger partial charge in [-0.1, -0.05) is 65.8 Å². The van der Waals surface area contributed by atoms with Crippen molar-refractivity contribution < 1.29 is 13.2 Å². The minimum atomic E-state index is -3.57. The summed E-state index contributed by atoms with van der Waals surface area (Å²) in [4.78, 5) is 0.416. The summed E-state index contributed by atoms with van der Waals surface area (Å²) in [5.74, 6) is 0. The van der Waals surface area contributed by atoms with Gasteiger partial charge in [-0.15, -0.1) is 0 Å². The molecule has 1 aliphatic heterocycles. The summed E-state index contributed by atoms with van der Waals surface area (Å²) in [6.07, 6.45) is 2.97. The third-order valence-corrected chi connectivity index (χ3v) is 8.69. The molecule has 0 radical (unpaired) electrons. The lowest BCUT2D eigenvalue weighted by Crippen LogP contribution is -2.41. The summed E-state index contributed by atoms with van der Waals surface area (Å²) in [6, 6.07) is 12.4. The average Bonchev–Trinajstić information content (AvgIpc) is 3.08. The van der Waals surface area contributed by atoms with Gasteiger partial charge in [0, 0.05) is 37.2 Å². The highest BCUT2D eigenvalue weighted by atomic mass is 32.2. The van der Waals surface area contributed by atoms with Crippen molar-refractivity contribution in [3.8, 4) is 0 Å². The van der Waals surface area contributed by atoms with Crippen molar-refractivity contribution >= 4 is 20.9 Å². The molecule has 2 aromatic carbocycles. The van der Waals surface area contributed by atoms with Crippen molar-refractivity contribution in [2.45, 2.75) is 63.7 Å². The van der Waals surface area contributed by atoms with Gasteiger partial charge in [0.2, 0.25) is 10.0 Å². The summed E-state index contributed by atoms with van der Waals surface area (Å²) < 4.78 is 36.2. The lowest BCUT2D eigenvalue weighted by Gasteiger charge is -2.30. The second kappa shape index (κ2) is 8.81. The van der Waals surface area contributed by atoms with E-state index in [-0.39, 0.29) is 10.8 Å². The minimum Gasteiger partial charge on any atom is -0.379 e. The van der Waals surface area contributed by atoms with E-state index in [1.807, 2.05) is 12.1 Å². The molecule has 4 rings (SSSR count). The molecule has 1 fully saturated rings. The molecule has 1 aliphatic rings. The number of sulfonamides is 1. The maximum Gasteiger partial charge on any atom is 0.243 e. The van der Waals surface area contributed by atoms with E-state index in [1.54, 1.807) is 4.31 Å². The van der Waals surface area contributed by atoms with Gasteiger partial charge in [-0.05, 0) is 51.6 Å². The first-order valence-electron chi connectivity index (χ1n) is 12.1. The molecule has 0 unspecified atom stereocenters. The first-order valence-corrected chi connectivity index (χ1v) is 13.5. The molecule has 34 heavy (non-hydrogen) atoms. The Hall–Kier alpha value is -2.15. The fourth-order valence-corrected chi connectivity index (χ4v) is 6.73. The van der Waals surface area contributed by atoms with Gasteiger partial charge in [-0.25, -0.2) is 8.42 Å². The lowest BCUT2D eigenvalue weighted by atomic mass is 9.83. The Morgan fingerprint density at radius 3 is 2.18 bits per heavy atom. The van der Waals surface area contributed by atoms with E-state index in [1.165, 1.54) is 22.0 Å². The summed E-state index contributed by atoms with van der Waals surface area (Å²) in [7, 11) is -1.48. The van der Waals surface area contributed by atoms with Crippen molar-refractivity contribution in [2.75, 3.05) is 26.3 Å². The first-order chi connectivity index (χ1) is 15.8. The number of hydrogen-bond donors (Lipinski definition) is 0. The monoisotopic (exact) mass is 482 g/mol. The molecule has 0 N–H and O–H groups in total. The van der Waals surface area contributed by atoms with E-state index in [0.29, 0.717) is 31.2 Å². The van der Waals surface area contributed by atoms with Gasteiger partial charge in [0.1, 0.15) is 0 Å². The molecule has 3 aromatic rings. The van der Waals surface area contributed by atoms with Gasteiger partial charge in [-0.3, -0.25) is 0 Å². The number of ether oxygens (including phenoxy) is 1. The van der Waals surface area contributed by atoms with Crippen LogP contribution in [0.25, 0.3) is 10.9 Å². The van der Waals surface area contributed by atoms with Crippen LogP contribution in [0.3, 0.4) is 0 Å². The zero-order valence-electron chi connectivity index (χ0n) is 21.6. The van der Waals surface area contributed by atoms with Crippen LogP contribution in [0.2, 0.25) is 0 Å². The largest absolute Gasteiger partial charge is 0.379 e. The zero-order chi connectivity index (χ0) is 24.9. The number of hydrogen-bond acceptors (Lipinski definition) is 3. The Morgan fingerprint density at radius 1 is 0.912 bits per heavy atom. The van der Waals surface area contributed by atoms with E-state index < -0.39 is 10.0 Å². The van der Waals surface area contributed by atoms with Crippen LogP contribution in [-0.2, 0) is 39.1 Å². The van der Waals surface area contributed by atoms with Crippen molar-refractivity contribution in [3.63, 3.8) is 0 Å². The van der Waals surface area contributed by atoms with Gasteiger partial charge in [0.25, 0.3) is 0 Å². The number of benzene rings is 2. The van der Waals surface area contributed by atoms with Crippen molar-refractivity contribution in [1.29, 1.82) is 0 Å². The van der Waals surface area contributed by atoms with Crippen molar-refractivity contribution in [2.24, 2.45) is 7.05 Å². The Kier molecular flexibility index (Phi) is 6.47. The summed E-state index contributed by atoms with van der Waals surface area (Å²) in [5, 5.41) is 1.31. The molecule has 0 aliphatic carbocycles. The lowest BCUT2D eigenvalue weighted by molar-refractivity contribution is 0.0730. The highest BCUT2D eigenvalue weighted by Crippen LogP contribution is 2.36. The predicted octanol–water partition coefficient (Wildman–Crippen LogP) is 5.39. The van der Waals surface area contributed by atoms with Gasteiger partial charge < -0.3 is 9.30 Å². The first kappa shape index (κ1) is 25.0. The van der Waals surface area contributed by atoms with Crippen LogP contribution in [0.1, 0.15) is 63.8 Å². The van der Waals surface area contributed by atoms with Crippen LogP contribution >= 0.6 is 0 Å². The van der Waals surface area contributed by atoms with E-state index in [2.05, 4.69) is 83.6 Å². The SMILES string of the molecule is Cn1cc(Cc2ccc(S(=O)(=O)N3CCOCC3)c(C(C)(C)C)c2)c2c(C(C)(C)C)cccc21. The van der Waals surface area contributed by atoms with Gasteiger partial charge in [0.05, 0.1) is 18.1 Å². The topological polar surface area (TPSA) is 51.5 Å². The second-order valence-electron chi connectivity index (χ2n) is 11.5. The number of rotatable bonds is 4.